The molecule has 0 saturated heterocycles. The molecule has 0 bridgehead atoms. The van der Waals surface area contributed by atoms with Crippen LogP contribution in [0, 0.1) is 0 Å². The Bertz CT molecular complexity index is 2420. The minimum atomic E-state index is 0.868. The molecule has 0 aliphatic heterocycles. The van der Waals surface area contributed by atoms with Gasteiger partial charge in [-0.15, -0.1) is 0 Å². The predicted octanol–water partition coefficient (Wildman–Crippen LogP) is 8.79. The number of rotatable bonds is 4. The van der Waals surface area contributed by atoms with Crippen molar-refractivity contribution in [1.82, 2.24) is 29.1 Å². The molecule has 6 heteroatoms. The Hall–Kier alpha value is -6.14. The first-order valence-electron chi connectivity index (χ1n) is 14.6. The maximum atomic E-state index is 5.46. The zero-order valence-corrected chi connectivity index (χ0v) is 23.5. The van der Waals surface area contributed by atoms with E-state index in [0.29, 0.717) is 0 Å². The molecular formula is C38H24N6. The topological polar surface area (TPSA) is 61.4 Å². The Morgan fingerprint density at radius 1 is 0.409 bits per heavy atom. The number of aromatic nitrogens is 6. The van der Waals surface area contributed by atoms with Gasteiger partial charge in [-0.1, -0.05) is 48.5 Å². The van der Waals surface area contributed by atoms with Crippen LogP contribution in [0.4, 0.5) is 0 Å². The molecule has 0 saturated carbocycles. The summed E-state index contributed by atoms with van der Waals surface area (Å²) >= 11 is 0. The van der Waals surface area contributed by atoms with Gasteiger partial charge in [0.1, 0.15) is 11.3 Å². The fourth-order valence-electron chi connectivity index (χ4n) is 6.32. The van der Waals surface area contributed by atoms with E-state index in [1.807, 2.05) is 67.1 Å². The first-order valence-corrected chi connectivity index (χ1v) is 14.6. The van der Waals surface area contributed by atoms with Crippen LogP contribution >= 0.6 is 0 Å². The number of pyridine rings is 4. The van der Waals surface area contributed by atoms with Gasteiger partial charge in [-0.05, 0) is 78.9 Å². The van der Waals surface area contributed by atoms with E-state index >= 15 is 0 Å². The van der Waals surface area contributed by atoms with Crippen molar-refractivity contribution in [2.45, 2.75) is 0 Å². The monoisotopic (exact) mass is 564 g/mol. The lowest BCUT2D eigenvalue weighted by Crippen LogP contribution is -2.00. The third-order valence-corrected chi connectivity index (χ3v) is 8.24. The smallest absolute Gasteiger partial charge is 0.149 e. The lowest BCUT2D eigenvalue weighted by atomic mass is 10.0. The first-order chi connectivity index (χ1) is 21.8. The average molecular weight is 565 g/mol. The van der Waals surface area contributed by atoms with Gasteiger partial charge in [-0.2, -0.15) is 0 Å². The normalized spacial score (nSPS) is 11.6. The molecule has 6 nitrogen and oxygen atoms in total. The van der Waals surface area contributed by atoms with E-state index in [1.54, 1.807) is 0 Å². The van der Waals surface area contributed by atoms with E-state index in [0.717, 1.165) is 77.9 Å². The second-order valence-corrected chi connectivity index (χ2v) is 10.8. The summed E-state index contributed by atoms with van der Waals surface area (Å²) < 4.78 is 4.48. The molecule has 0 aliphatic carbocycles. The molecule has 6 aromatic heterocycles. The molecule has 3 aromatic carbocycles. The SMILES string of the molecule is c1ccc(-n2c3cccnc3c3cc4c5ccccc5n(-c5cc(-c6ccccn6)cc(-c6ccccn6)c5)c4nc32)cc1. The van der Waals surface area contributed by atoms with Gasteiger partial charge in [0, 0.05) is 57.3 Å². The van der Waals surface area contributed by atoms with Gasteiger partial charge in [0.25, 0.3) is 0 Å². The summed E-state index contributed by atoms with van der Waals surface area (Å²) in [5, 5.41) is 3.24. The molecule has 206 valence electrons. The van der Waals surface area contributed by atoms with Crippen molar-refractivity contribution in [3.8, 4) is 33.9 Å². The van der Waals surface area contributed by atoms with Gasteiger partial charge in [0.05, 0.1) is 27.9 Å². The molecule has 44 heavy (non-hydrogen) atoms. The highest BCUT2D eigenvalue weighted by Gasteiger charge is 2.21. The van der Waals surface area contributed by atoms with E-state index < -0.39 is 0 Å². The molecule has 0 unspecified atom stereocenters. The summed E-state index contributed by atoms with van der Waals surface area (Å²) in [6.45, 7) is 0. The summed E-state index contributed by atoms with van der Waals surface area (Å²) in [4.78, 5) is 19.7. The minimum Gasteiger partial charge on any atom is -0.294 e. The van der Waals surface area contributed by atoms with E-state index in [2.05, 4.69) is 98.0 Å². The lowest BCUT2D eigenvalue weighted by molar-refractivity contribution is 1.11. The third kappa shape index (κ3) is 3.75. The van der Waals surface area contributed by atoms with Crippen molar-refractivity contribution in [3.63, 3.8) is 0 Å². The van der Waals surface area contributed by atoms with Gasteiger partial charge in [0.15, 0.2) is 0 Å². The van der Waals surface area contributed by atoms with Crippen LogP contribution in [-0.2, 0) is 0 Å². The number of benzene rings is 3. The quantitative estimate of drug-likeness (QED) is 0.214. The van der Waals surface area contributed by atoms with Crippen molar-refractivity contribution in [1.29, 1.82) is 0 Å². The summed E-state index contributed by atoms with van der Waals surface area (Å²) in [6.07, 6.45) is 5.52. The maximum Gasteiger partial charge on any atom is 0.149 e. The lowest BCUT2D eigenvalue weighted by Gasteiger charge is -2.13. The van der Waals surface area contributed by atoms with Crippen LogP contribution in [-0.4, -0.2) is 29.1 Å². The molecule has 6 heterocycles. The van der Waals surface area contributed by atoms with Crippen LogP contribution in [0.25, 0.3) is 77.9 Å². The highest BCUT2D eigenvalue weighted by Crippen LogP contribution is 2.38. The van der Waals surface area contributed by atoms with Gasteiger partial charge in [-0.25, -0.2) is 4.98 Å². The summed E-state index contributed by atoms with van der Waals surface area (Å²) in [5.74, 6) is 0. The third-order valence-electron chi connectivity index (χ3n) is 8.24. The van der Waals surface area contributed by atoms with E-state index in [1.165, 1.54) is 0 Å². The maximum absolute atomic E-state index is 5.46. The molecule has 0 amide bonds. The Labute approximate surface area is 252 Å². The fourth-order valence-corrected chi connectivity index (χ4v) is 6.32. The highest BCUT2D eigenvalue weighted by molar-refractivity contribution is 6.15. The molecule has 0 N–H and O–H groups in total. The molecule has 0 aliphatic rings. The molecular weight excluding hydrogens is 540 g/mol. The van der Waals surface area contributed by atoms with Crippen molar-refractivity contribution in [2.75, 3.05) is 0 Å². The van der Waals surface area contributed by atoms with Crippen LogP contribution in [0.1, 0.15) is 0 Å². The van der Waals surface area contributed by atoms with Gasteiger partial charge in [0.2, 0.25) is 0 Å². The highest BCUT2D eigenvalue weighted by atomic mass is 15.1. The van der Waals surface area contributed by atoms with E-state index in [9.17, 15) is 0 Å². The van der Waals surface area contributed by atoms with E-state index in [-0.39, 0.29) is 0 Å². The van der Waals surface area contributed by atoms with Gasteiger partial charge in [-0.3, -0.25) is 24.1 Å². The predicted molar refractivity (Wildman–Crippen MR) is 177 cm³/mol. The Morgan fingerprint density at radius 3 is 1.75 bits per heavy atom. The molecule has 9 rings (SSSR count). The number of fused-ring (bicyclic) bond motifs is 6. The first kappa shape index (κ1) is 24.5. The number of para-hydroxylation sites is 2. The van der Waals surface area contributed by atoms with E-state index in [4.69, 9.17) is 9.97 Å². The standard InChI is InChI=1S/C38H24N6/c1-2-11-27(12-3-1)43-35-17-10-20-41-36(35)31-24-30-29-13-4-5-16-34(29)44(37(30)42-38(31)43)28-22-25(32-14-6-8-18-39-32)21-26(23-28)33-15-7-9-19-40-33/h1-24H. The minimum absolute atomic E-state index is 0.868. The summed E-state index contributed by atoms with van der Waals surface area (Å²) in [5.41, 5.74) is 10.7. The van der Waals surface area contributed by atoms with Crippen LogP contribution in [0.3, 0.4) is 0 Å². The second-order valence-electron chi connectivity index (χ2n) is 10.8. The Morgan fingerprint density at radius 2 is 1.02 bits per heavy atom. The Kier molecular flexibility index (Phi) is 5.40. The second kappa shape index (κ2) is 9.71. The van der Waals surface area contributed by atoms with Gasteiger partial charge < -0.3 is 0 Å². The van der Waals surface area contributed by atoms with Crippen LogP contribution in [0.5, 0.6) is 0 Å². The average Bonchev–Trinajstić information content (AvgIpc) is 3.60. The van der Waals surface area contributed by atoms with Crippen LogP contribution in [0.15, 0.2) is 146 Å². The van der Waals surface area contributed by atoms with Crippen molar-refractivity contribution in [2.24, 2.45) is 0 Å². The number of hydrogen-bond donors (Lipinski definition) is 0. The molecule has 0 radical (unpaired) electrons. The molecule has 0 spiro atoms. The largest absolute Gasteiger partial charge is 0.294 e. The Balaban J connectivity index is 1.41. The van der Waals surface area contributed by atoms with Gasteiger partial charge >= 0.3 is 0 Å². The number of hydrogen-bond acceptors (Lipinski definition) is 4. The number of nitrogens with zero attached hydrogens (tertiary/aromatic N) is 6. The fraction of sp³-hybridized carbons (Fsp3) is 0. The zero-order chi connectivity index (χ0) is 29.0. The molecule has 0 atom stereocenters. The zero-order valence-electron chi connectivity index (χ0n) is 23.5. The molecule has 0 fully saturated rings. The summed E-state index contributed by atoms with van der Waals surface area (Å²) in [7, 11) is 0. The van der Waals surface area contributed by atoms with Crippen LogP contribution in [0.2, 0.25) is 0 Å². The van der Waals surface area contributed by atoms with Crippen LogP contribution < -0.4 is 0 Å². The van der Waals surface area contributed by atoms with Crippen molar-refractivity contribution < 1.29 is 0 Å². The molecule has 9 aromatic rings. The van der Waals surface area contributed by atoms with Crippen molar-refractivity contribution >= 4 is 44.0 Å². The summed E-state index contributed by atoms with van der Waals surface area (Å²) in [6, 6.07) is 43.8. The van der Waals surface area contributed by atoms with Crippen molar-refractivity contribution in [3.05, 3.63) is 146 Å².